The van der Waals surface area contributed by atoms with Gasteiger partial charge in [0.15, 0.2) is 0 Å². The lowest BCUT2D eigenvalue weighted by Gasteiger charge is -2.34. The first kappa shape index (κ1) is 54.1. The van der Waals surface area contributed by atoms with E-state index in [1.54, 1.807) is 0 Å². The molecule has 0 saturated heterocycles. The highest BCUT2D eigenvalue weighted by molar-refractivity contribution is 7.37. The standard InChI is InChI=1S/C70H76O2S6/c1-5-7-9-11-13-15-17-19-21-23-43-71-53-37-33-51(34-38-53)69(49-29-25-47(3)26-30-49)57-61-55(41-45-73-61)75-63(57)65-59(69)67-68(77-65)60-66(78-67)64-58(62-56(76-64)42-46-74-62)70(60,50-31-27-48(4)28-32-50)52-35-39-54(40-36-52)72-44-24-22-20-18-16-14-12-10-8-6-2/h25-42,45-46H,5-24,43-44H2,1-4H3. The summed E-state index contributed by atoms with van der Waals surface area (Å²) in [4.78, 5) is 5.76. The number of hydrogen-bond acceptors (Lipinski definition) is 8. The average Bonchev–Trinajstić information content (AvgIpc) is 2.31. The van der Waals surface area contributed by atoms with Crippen LogP contribution in [0.3, 0.4) is 0 Å². The molecule has 2 nitrogen and oxygen atoms in total. The van der Waals surface area contributed by atoms with Crippen molar-refractivity contribution in [2.75, 3.05) is 13.2 Å². The second-order valence-electron chi connectivity index (χ2n) is 22.5. The molecule has 8 heteroatoms. The maximum atomic E-state index is 6.56. The number of rotatable bonds is 28. The van der Waals surface area contributed by atoms with E-state index in [0.717, 1.165) is 37.6 Å². The van der Waals surface area contributed by atoms with Crippen LogP contribution in [0.25, 0.3) is 47.7 Å². The zero-order chi connectivity index (χ0) is 53.1. The Morgan fingerprint density at radius 3 is 0.962 bits per heavy atom. The van der Waals surface area contributed by atoms with Crippen LogP contribution in [-0.2, 0) is 10.8 Å². The van der Waals surface area contributed by atoms with Crippen LogP contribution in [0, 0.1) is 13.8 Å². The van der Waals surface area contributed by atoms with Gasteiger partial charge in [-0.1, -0.05) is 213 Å². The summed E-state index contributed by atoms with van der Waals surface area (Å²) in [5, 5.41) is 4.61. The Kier molecular flexibility index (Phi) is 16.8. The molecule has 10 aromatic rings. The van der Waals surface area contributed by atoms with Crippen LogP contribution < -0.4 is 9.47 Å². The number of unbranched alkanes of at least 4 members (excludes halogenated alkanes) is 18. The number of thiophene rings is 6. The Balaban J connectivity index is 0.931. The van der Waals surface area contributed by atoms with Crippen molar-refractivity contribution in [3.63, 3.8) is 0 Å². The summed E-state index contributed by atoms with van der Waals surface area (Å²) >= 11 is 12.0. The highest BCUT2D eigenvalue weighted by Gasteiger charge is 2.56. The van der Waals surface area contributed by atoms with E-state index in [4.69, 9.17) is 9.47 Å². The van der Waals surface area contributed by atoms with Crippen molar-refractivity contribution in [3.8, 4) is 31.0 Å². The van der Waals surface area contributed by atoms with Crippen LogP contribution in [0.5, 0.6) is 11.5 Å². The number of fused-ring (bicyclic) bond motifs is 13. The van der Waals surface area contributed by atoms with Gasteiger partial charge in [-0.05, 0) is 96.1 Å². The third-order valence-corrected chi connectivity index (χ3v) is 24.4. The number of hydrogen-bond donors (Lipinski definition) is 0. The van der Waals surface area contributed by atoms with Crippen molar-refractivity contribution in [2.24, 2.45) is 0 Å². The van der Waals surface area contributed by atoms with E-state index in [1.165, 1.54) is 219 Å². The van der Waals surface area contributed by atoms with Crippen molar-refractivity contribution >= 4 is 96.2 Å². The molecule has 0 radical (unpaired) electrons. The molecule has 4 aromatic carbocycles. The fraction of sp³-hybridized carbons (Fsp3) is 0.400. The van der Waals surface area contributed by atoms with Crippen molar-refractivity contribution in [1.29, 1.82) is 0 Å². The minimum absolute atomic E-state index is 0.522. The van der Waals surface area contributed by atoms with Gasteiger partial charge in [-0.25, -0.2) is 0 Å². The lowest BCUT2D eigenvalue weighted by Crippen LogP contribution is -2.29. The van der Waals surface area contributed by atoms with E-state index in [9.17, 15) is 0 Å². The highest BCUT2D eigenvalue weighted by Crippen LogP contribution is 2.72. The van der Waals surface area contributed by atoms with Crippen molar-refractivity contribution in [2.45, 2.75) is 167 Å². The second-order valence-corrected chi connectivity index (χ2v) is 28.4. The van der Waals surface area contributed by atoms with Gasteiger partial charge in [-0.15, -0.1) is 68.0 Å². The molecule has 6 heterocycles. The summed E-state index contributed by atoms with van der Waals surface area (Å²) in [6.45, 7) is 10.6. The quantitative estimate of drug-likeness (QED) is 0.0455. The summed E-state index contributed by atoms with van der Waals surface area (Å²) < 4.78 is 21.6. The zero-order valence-corrected chi connectivity index (χ0v) is 51.3. The fourth-order valence-electron chi connectivity index (χ4n) is 13.1. The molecule has 0 N–H and O–H groups in total. The second kappa shape index (κ2) is 24.3. The number of aryl methyl sites for hydroxylation is 2. The lowest BCUT2D eigenvalue weighted by molar-refractivity contribution is 0.304. The summed E-state index contributed by atoms with van der Waals surface area (Å²) in [7, 11) is 0. The first-order chi connectivity index (χ1) is 38.5. The lowest BCUT2D eigenvalue weighted by atomic mass is 9.67. The maximum Gasteiger partial charge on any atom is 0.119 e. The highest BCUT2D eigenvalue weighted by atomic mass is 32.1. The molecular weight excluding hydrogens is 1070 g/mol. The first-order valence-corrected chi connectivity index (χ1v) is 34.7. The van der Waals surface area contributed by atoms with E-state index in [1.807, 2.05) is 45.3 Å². The molecule has 78 heavy (non-hydrogen) atoms. The van der Waals surface area contributed by atoms with E-state index >= 15 is 0 Å². The normalized spacial score (nSPS) is 16.4. The molecule has 2 atom stereocenters. The molecule has 0 bridgehead atoms. The molecule has 0 spiro atoms. The summed E-state index contributed by atoms with van der Waals surface area (Å²) in [5.41, 5.74) is 12.7. The van der Waals surface area contributed by atoms with Crippen molar-refractivity contribution in [3.05, 3.63) is 176 Å². The van der Waals surface area contributed by atoms with Gasteiger partial charge < -0.3 is 9.47 Å². The third-order valence-electron chi connectivity index (χ3n) is 17.1. The van der Waals surface area contributed by atoms with Gasteiger partial charge in [-0.2, -0.15) is 0 Å². The Labute approximate surface area is 488 Å². The van der Waals surface area contributed by atoms with Gasteiger partial charge in [0.2, 0.25) is 0 Å². The van der Waals surface area contributed by atoms with Gasteiger partial charge >= 0.3 is 0 Å². The van der Waals surface area contributed by atoms with Crippen LogP contribution in [0.2, 0.25) is 0 Å². The van der Waals surface area contributed by atoms with E-state index in [2.05, 4.69) is 170 Å². The van der Waals surface area contributed by atoms with Crippen LogP contribution in [-0.4, -0.2) is 13.2 Å². The maximum absolute atomic E-state index is 6.56. The predicted octanol–water partition coefficient (Wildman–Crippen LogP) is 23.5. The topological polar surface area (TPSA) is 18.5 Å². The van der Waals surface area contributed by atoms with E-state index in [0.29, 0.717) is 0 Å². The molecule has 0 aliphatic heterocycles. The molecule has 0 fully saturated rings. The summed E-state index contributed by atoms with van der Waals surface area (Å²) in [5.74, 6) is 1.93. The first-order valence-electron chi connectivity index (χ1n) is 29.7. The Morgan fingerprint density at radius 2 is 0.615 bits per heavy atom. The van der Waals surface area contributed by atoms with Crippen molar-refractivity contribution < 1.29 is 9.47 Å². The van der Waals surface area contributed by atoms with Gasteiger partial charge in [0.25, 0.3) is 0 Å². The molecule has 2 unspecified atom stereocenters. The van der Waals surface area contributed by atoms with Crippen LogP contribution >= 0.6 is 68.0 Å². The summed E-state index contributed by atoms with van der Waals surface area (Å²) in [6, 6.07) is 42.6. The number of benzene rings is 4. The SMILES string of the molecule is CCCCCCCCCCCCOc1ccc(C2(c3ccc(C)cc3)c3c(sc4ccsc34)-c3sc4c5c(sc4c32)-c2sc3ccsc3c2C5(c2ccc(C)cc2)c2ccc(OCCCCCCCCCCCC)cc2)cc1. The van der Waals surface area contributed by atoms with E-state index in [-0.39, 0.29) is 0 Å². The molecule has 2 aliphatic carbocycles. The molecule has 6 aromatic heterocycles. The Hall–Kier alpha value is -4.54. The third kappa shape index (κ3) is 9.88. The van der Waals surface area contributed by atoms with Crippen LogP contribution in [0.15, 0.2) is 120 Å². The van der Waals surface area contributed by atoms with Gasteiger partial charge in [0, 0.05) is 31.7 Å². The van der Waals surface area contributed by atoms with Gasteiger partial charge in [-0.3, -0.25) is 0 Å². The molecular formula is C70H76O2S6. The number of ether oxygens (including phenoxy) is 2. The molecule has 12 rings (SSSR count). The molecule has 2 aliphatic rings. The molecule has 0 saturated carbocycles. The zero-order valence-electron chi connectivity index (χ0n) is 46.4. The monoisotopic (exact) mass is 1140 g/mol. The van der Waals surface area contributed by atoms with Crippen molar-refractivity contribution in [1.82, 2.24) is 0 Å². The smallest absolute Gasteiger partial charge is 0.119 e. The Bertz CT molecular complexity index is 3340. The average molecular weight is 1140 g/mol. The van der Waals surface area contributed by atoms with Gasteiger partial charge in [0.05, 0.1) is 62.4 Å². The van der Waals surface area contributed by atoms with Gasteiger partial charge in [0.1, 0.15) is 11.5 Å². The van der Waals surface area contributed by atoms with E-state index < -0.39 is 10.8 Å². The minimum atomic E-state index is -0.522. The molecule has 0 amide bonds. The molecule has 404 valence electrons. The minimum Gasteiger partial charge on any atom is -0.494 e. The summed E-state index contributed by atoms with van der Waals surface area (Å²) in [6.07, 6.45) is 26.5. The predicted molar refractivity (Wildman–Crippen MR) is 345 cm³/mol. The Morgan fingerprint density at radius 1 is 0.321 bits per heavy atom. The fourth-order valence-corrected chi connectivity index (χ4v) is 21.4. The van der Waals surface area contributed by atoms with Crippen LogP contribution in [0.1, 0.15) is 198 Å². The largest absolute Gasteiger partial charge is 0.494 e. The van der Waals surface area contributed by atoms with Crippen LogP contribution in [0.4, 0.5) is 0 Å².